The topological polar surface area (TPSA) is 73.3 Å². The Bertz CT molecular complexity index is 1240. The van der Waals surface area contributed by atoms with E-state index in [1.165, 1.54) is 0 Å². The fourth-order valence-electron chi connectivity index (χ4n) is 5.16. The number of aromatic nitrogens is 1. The highest BCUT2D eigenvalue weighted by atomic mass is 35.5. The van der Waals surface area contributed by atoms with E-state index in [4.69, 9.17) is 16.3 Å². The van der Waals surface area contributed by atoms with Crippen LogP contribution in [0.1, 0.15) is 31.2 Å². The molecular weight excluding hydrogens is 450 g/mol. The van der Waals surface area contributed by atoms with Gasteiger partial charge in [-0.05, 0) is 69.5 Å². The normalized spacial score (nSPS) is 21.9. The third-order valence-electron chi connectivity index (χ3n) is 6.74. The molecule has 0 unspecified atom stereocenters. The van der Waals surface area contributed by atoms with Gasteiger partial charge in [0, 0.05) is 17.1 Å². The number of nitrogens with zero attached hydrogens (tertiary/aromatic N) is 4. The molecular formula is C26H30ClN5O2. The molecule has 0 atom stereocenters. The number of hydrogen-bond acceptors (Lipinski definition) is 5. The first-order valence-electron chi connectivity index (χ1n) is 11.9. The minimum atomic E-state index is 0.0394. The van der Waals surface area contributed by atoms with E-state index in [-0.39, 0.29) is 17.9 Å². The molecule has 2 aliphatic heterocycles. The van der Waals surface area contributed by atoms with Gasteiger partial charge in [-0.25, -0.2) is 0 Å². The number of amides is 1. The number of fused-ring (bicyclic) bond motifs is 3. The molecule has 7 nitrogen and oxygen atoms in total. The lowest BCUT2D eigenvalue weighted by molar-refractivity contribution is -0.119. The number of para-hydroxylation sites is 1. The quantitative estimate of drug-likeness (QED) is 0.712. The summed E-state index contributed by atoms with van der Waals surface area (Å²) >= 11 is 6.92. The summed E-state index contributed by atoms with van der Waals surface area (Å²) in [5, 5.41) is 10.9. The summed E-state index contributed by atoms with van der Waals surface area (Å²) in [6.45, 7) is 1.22. The molecule has 5 rings (SSSR count). The van der Waals surface area contributed by atoms with Crippen molar-refractivity contribution in [3.63, 3.8) is 0 Å². The first-order chi connectivity index (χ1) is 16.5. The molecule has 1 amide bonds. The second kappa shape index (κ2) is 9.76. The van der Waals surface area contributed by atoms with E-state index in [0.29, 0.717) is 19.6 Å². The number of H-pyrrole nitrogens is 1. The summed E-state index contributed by atoms with van der Waals surface area (Å²) in [4.78, 5) is 20.5. The van der Waals surface area contributed by atoms with Gasteiger partial charge in [0.25, 0.3) is 0 Å². The van der Waals surface area contributed by atoms with Crippen LogP contribution in [0.25, 0.3) is 11.8 Å². The Morgan fingerprint density at radius 3 is 2.71 bits per heavy atom. The van der Waals surface area contributed by atoms with Gasteiger partial charge in [-0.1, -0.05) is 29.8 Å². The molecule has 1 saturated carbocycles. The monoisotopic (exact) mass is 479 g/mol. The minimum Gasteiger partial charge on any atom is -0.490 e. The zero-order chi connectivity index (χ0) is 23.7. The van der Waals surface area contributed by atoms with Crippen molar-refractivity contribution in [3.8, 4) is 5.75 Å². The Labute approximate surface area is 204 Å². The van der Waals surface area contributed by atoms with Crippen molar-refractivity contribution in [1.29, 1.82) is 0 Å². The number of likely N-dealkylation sites (N-methyl/N-ethyl adjacent to an activating group) is 1. The van der Waals surface area contributed by atoms with Crippen LogP contribution in [0.5, 0.6) is 5.75 Å². The molecule has 178 valence electrons. The summed E-state index contributed by atoms with van der Waals surface area (Å²) in [6.07, 6.45) is 7.79. The van der Waals surface area contributed by atoms with Gasteiger partial charge in [0.2, 0.25) is 5.91 Å². The lowest BCUT2D eigenvalue weighted by Crippen LogP contribution is -2.40. The van der Waals surface area contributed by atoms with Crippen LogP contribution < -0.4 is 20.3 Å². The van der Waals surface area contributed by atoms with E-state index < -0.39 is 0 Å². The van der Waals surface area contributed by atoms with Gasteiger partial charge in [0.05, 0.1) is 41.8 Å². The number of ether oxygens (including phenoxy) is 1. The predicted octanol–water partition coefficient (Wildman–Crippen LogP) is 3.54. The van der Waals surface area contributed by atoms with Crippen LogP contribution in [0.4, 0.5) is 5.69 Å². The molecule has 1 fully saturated rings. The number of anilines is 1. The maximum atomic E-state index is 13.2. The number of nitrogens with one attached hydrogen (secondary N) is 1. The third-order valence-corrected chi connectivity index (χ3v) is 7.09. The number of carbonyl (C=O) groups is 1. The summed E-state index contributed by atoms with van der Waals surface area (Å²) in [5.41, 5.74) is 3.01. The van der Waals surface area contributed by atoms with Crippen LogP contribution >= 0.6 is 11.6 Å². The van der Waals surface area contributed by atoms with Crippen molar-refractivity contribution in [2.45, 2.75) is 38.3 Å². The largest absolute Gasteiger partial charge is 0.490 e. The first-order valence-corrected chi connectivity index (χ1v) is 12.2. The molecule has 1 aromatic heterocycles. The number of azo groups is 1. The van der Waals surface area contributed by atoms with Gasteiger partial charge in [0.15, 0.2) is 0 Å². The molecule has 1 aromatic carbocycles. The van der Waals surface area contributed by atoms with Gasteiger partial charge in [-0.3, -0.25) is 4.79 Å². The van der Waals surface area contributed by atoms with Gasteiger partial charge >= 0.3 is 0 Å². The van der Waals surface area contributed by atoms with Gasteiger partial charge in [-0.2, -0.15) is 10.2 Å². The molecule has 2 aromatic rings. The Morgan fingerprint density at radius 2 is 1.97 bits per heavy atom. The Morgan fingerprint density at radius 1 is 1.21 bits per heavy atom. The standard InChI is InChI=1S/C26H30ClN5O2/c1-31(2)16-23(33)32-13-12-21(27)24(25-26(32)20-14-28-29-15-22(20)30-25)17-8-10-19(11-9-17)34-18-6-4-3-5-7-18/h3-7,12,15,17,19,30H,8-11,13-14,16H2,1-2H3/t17-,19-. The number of rotatable bonds is 5. The minimum absolute atomic E-state index is 0.0394. The van der Waals surface area contributed by atoms with E-state index in [9.17, 15) is 4.79 Å². The van der Waals surface area contributed by atoms with E-state index in [0.717, 1.165) is 64.0 Å². The molecule has 34 heavy (non-hydrogen) atoms. The second-order valence-electron chi connectivity index (χ2n) is 9.40. The van der Waals surface area contributed by atoms with E-state index in [2.05, 4.69) is 15.2 Å². The van der Waals surface area contributed by atoms with Gasteiger partial charge < -0.3 is 19.5 Å². The van der Waals surface area contributed by atoms with Crippen molar-refractivity contribution < 1.29 is 9.53 Å². The molecule has 0 bridgehead atoms. The fraction of sp³-hybridized carbons (Fsp3) is 0.423. The van der Waals surface area contributed by atoms with Gasteiger partial charge in [-0.15, -0.1) is 0 Å². The predicted molar refractivity (Wildman–Crippen MR) is 134 cm³/mol. The maximum absolute atomic E-state index is 13.2. The number of benzene rings is 1. The second-order valence-corrected chi connectivity index (χ2v) is 9.80. The fourth-order valence-corrected chi connectivity index (χ4v) is 5.47. The average molecular weight is 480 g/mol. The van der Waals surface area contributed by atoms with E-state index in [1.54, 1.807) is 6.20 Å². The summed E-state index contributed by atoms with van der Waals surface area (Å²) in [7, 11) is 3.81. The summed E-state index contributed by atoms with van der Waals surface area (Å²) < 4.78 is 6.21. The number of aromatic amines is 1. The number of hydrogen-bond donors (Lipinski definition) is 1. The Hall–Kier alpha value is -2.90. The summed E-state index contributed by atoms with van der Waals surface area (Å²) in [6, 6.07) is 10.0. The van der Waals surface area contributed by atoms with Crippen molar-refractivity contribution in [3.05, 3.63) is 57.7 Å². The SMILES string of the molecule is CN(C)CC(=O)N1CC=C(Cl)C([C@H]2CC[C@H](Oc3ccccc3)CC2)=c2[nH]c3c(c21)CN=NC=3. The van der Waals surface area contributed by atoms with Crippen molar-refractivity contribution in [1.82, 2.24) is 9.88 Å². The zero-order valence-electron chi connectivity index (χ0n) is 19.6. The first kappa shape index (κ1) is 22.9. The van der Waals surface area contributed by atoms with Crippen LogP contribution in [-0.2, 0) is 11.3 Å². The molecule has 3 aliphatic rings. The maximum Gasteiger partial charge on any atom is 0.241 e. The van der Waals surface area contributed by atoms with Crippen molar-refractivity contribution in [2.75, 3.05) is 32.1 Å². The number of carbonyl (C=O) groups excluding carboxylic acids is 1. The van der Waals surface area contributed by atoms with Crippen molar-refractivity contribution >= 4 is 35.0 Å². The molecule has 0 spiro atoms. The molecule has 3 heterocycles. The molecule has 0 radical (unpaired) electrons. The van der Waals surface area contributed by atoms with E-state index in [1.807, 2.05) is 60.3 Å². The zero-order valence-corrected chi connectivity index (χ0v) is 20.4. The number of halogens is 1. The van der Waals surface area contributed by atoms with Crippen LogP contribution in [0.15, 0.2) is 51.7 Å². The Balaban J connectivity index is 1.49. The molecule has 8 heteroatoms. The summed E-state index contributed by atoms with van der Waals surface area (Å²) in [5.74, 6) is 1.25. The highest BCUT2D eigenvalue weighted by Gasteiger charge is 2.32. The molecule has 1 N–H and O–H groups in total. The highest BCUT2D eigenvalue weighted by molar-refractivity contribution is 6.36. The van der Waals surface area contributed by atoms with Crippen LogP contribution in [0.3, 0.4) is 0 Å². The Kier molecular flexibility index (Phi) is 6.57. The lowest BCUT2D eigenvalue weighted by atomic mass is 9.81. The molecule has 1 aliphatic carbocycles. The lowest BCUT2D eigenvalue weighted by Gasteiger charge is -2.30. The molecule has 0 saturated heterocycles. The number of allylic oxidation sites excluding steroid dienone is 1. The highest BCUT2D eigenvalue weighted by Crippen LogP contribution is 2.38. The van der Waals surface area contributed by atoms with Crippen LogP contribution in [0.2, 0.25) is 0 Å². The third kappa shape index (κ3) is 4.55. The van der Waals surface area contributed by atoms with Crippen LogP contribution in [-0.4, -0.2) is 49.1 Å². The van der Waals surface area contributed by atoms with E-state index >= 15 is 0 Å². The smallest absolute Gasteiger partial charge is 0.241 e. The average Bonchev–Trinajstić information content (AvgIpc) is 3.12. The van der Waals surface area contributed by atoms with Crippen molar-refractivity contribution in [2.24, 2.45) is 16.1 Å². The van der Waals surface area contributed by atoms with Crippen LogP contribution in [0, 0.1) is 5.92 Å². The van der Waals surface area contributed by atoms with Gasteiger partial charge in [0.1, 0.15) is 5.75 Å².